The number of rotatable bonds is 8. The second-order valence-corrected chi connectivity index (χ2v) is 9.16. The molecule has 0 aliphatic heterocycles. The predicted octanol–water partition coefficient (Wildman–Crippen LogP) is 6.64. The molecule has 0 saturated carbocycles. The fourth-order valence-corrected chi connectivity index (χ4v) is 3.89. The Hall–Kier alpha value is -3.51. The number of benzene rings is 3. The second-order valence-electron chi connectivity index (χ2n) is 7.49. The van der Waals surface area contributed by atoms with Gasteiger partial charge in [0, 0.05) is 11.4 Å². The Labute approximate surface area is 226 Å². The third kappa shape index (κ3) is 7.25. The number of halogens is 3. The van der Waals surface area contributed by atoms with Crippen LogP contribution in [0.3, 0.4) is 0 Å². The number of aryl methyl sites for hydroxylation is 1. The maximum atomic E-state index is 12.6. The van der Waals surface area contributed by atoms with Crippen LogP contribution in [0.25, 0.3) is 6.08 Å². The summed E-state index contributed by atoms with van der Waals surface area (Å²) in [6, 6.07) is 17.1. The molecule has 2 amide bonds. The van der Waals surface area contributed by atoms with Gasteiger partial charge in [0.15, 0.2) is 18.1 Å². The summed E-state index contributed by atoms with van der Waals surface area (Å²) in [5.41, 5.74) is 2.52. The van der Waals surface area contributed by atoms with Crippen LogP contribution in [0.2, 0.25) is 10.0 Å². The van der Waals surface area contributed by atoms with Crippen LogP contribution in [-0.2, 0) is 9.59 Å². The molecule has 0 atom stereocenters. The first-order valence-corrected chi connectivity index (χ1v) is 12.0. The summed E-state index contributed by atoms with van der Waals surface area (Å²) in [5, 5.41) is 15.6. The molecule has 3 rings (SSSR count). The van der Waals surface area contributed by atoms with E-state index in [1.807, 2.05) is 25.1 Å². The zero-order valence-corrected chi connectivity index (χ0v) is 22.3. The number of ether oxygens (including phenoxy) is 2. The lowest BCUT2D eigenvalue weighted by Crippen LogP contribution is -2.20. The van der Waals surface area contributed by atoms with Crippen LogP contribution in [0.5, 0.6) is 11.5 Å². The van der Waals surface area contributed by atoms with E-state index >= 15 is 0 Å². The molecule has 10 heteroatoms. The van der Waals surface area contributed by atoms with Gasteiger partial charge >= 0.3 is 0 Å². The average Bonchev–Trinajstić information content (AvgIpc) is 2.85. The number of amides is 2. The summed E-state index contributed by atoms with van der Waals surface area (Å²) < 4.78 is 11.5. The number of anilines is 2. The summed E-state index contributed by atoms with van der Waals surface area (Å²) in [6.45, 7) is 1.62. The minimum absolute atomic E-state index is 0.0980. The van der Waals surface area contributed by atoms with Crippen molar-refractivity contribution in [2.45, 2.75) is 6.92 Å². The SMILES string of the molecule is COc1cc(/C=C(/C#N)C(=O)Nc2ccc(C)cc2)cc(Br)c1OCC(=O)Nc1ccc(Cl)c(Cl)c1. The van der Waals surface area contributed by atoms with Gasteiger partial charge in [0.25, 0.3) is 11.8 Å². The monoisotopic (exact) mass is 587 g/mol. The highest BCUT2D eigenvalue weighted by atomic mass is 79.9. The largest absolute Gasteiger partial charge is 0.493 e. The molecule has 3 aromatic carbocycles. The number of nitrogens with zero attached hydrogens (tertiary/aromatic N) is 1. The van der Waals surface area contributed by atoms with Crippen LogP contribution >= 0.6 is 39.1 Å². The van der Waals surface area contributed by atoms with Crippen molar-refractivity contribution in [1.29, 1.82) is 5.26 Å². The Bertz CT molecular complexity index is 1370. The maximum Gasteiger partial charge on any atom is 0.266 e. The van der Waals surface area contributed by atoms with Crippen LogP contribution in [0.1, 0.15) is 11.1 Å². The van der Waals surface area contributed by atoms with Gasteiger partial charge in [0.2, 0.25) is 0 Å². The third-order valence-corrected chi connectivity index (χ3v) is 6.12. The second kappa shape index (κ2) is 12.5. The van der Waals surface area contributed by atoms with Crippen molar-refractivity contribution in [2.75, 3.05) is 24.4 Å². The van der Waals surface area contributed by atoms with E-state index in [-0.39, 0.29) is 17.9 Å². The highest BCUT2D eigenvalue weighted by Crippen LogP contribution is 2.37. The Morgan fingerprint density at radius 1 is 1.03 bits per heavy atom. The van der Waals surface area contributed by atoms with Crippen LogP contribution < -0.4 is 20.1 Å². The number of nitrogens with one attached hydrogen (secondary N) is 2. The quantitative estimate of drug-likeness (QED) is 0.227. The molecule has 0 aromatic heterocycles. The van der Waals surface area contributed by atoms with E-state index in [2.05, 4.69) is 26.6 Å². The summed E-state index contributed by atoms with van der Waals surface area (Å²) in [7, 11) is 1.44. The Kier molecular flexibility index (Phi) is 9.37. The number of carbonyl (C=O) groups is 2. The average molecular weight is 589 g/mol. The molecule has 0 aliphatic rings. The van der Waals surface area contributed by atoms with Gasteiger partial charge in [-0.2, -0.15) is 5.26 Å². The first-order chi connectivity index (χ1) is 17.2. The van der Waals surface area contributed by atoms with Gasteiger partial charge in [0.1, 0.15) is 11.6 Å². The maximum absolute atomic E-state index is 12.6. The van der Waals surface area contributed by atoms with Gasteiger partial charge < -0.3 is 20.1 Å². The molecule has 36 heavy (non-hydrogen) atoms. The van der Waals surface area contributed by atoms with E-state index < -0.39 is 11.8 Å². The number of hydrogen-bond acceptors (Lipinski definition) is 5. The molecule has 0 radical (unpaired) electrons. The van der Waals surface area contributed by atoms with E-state index in [1.165, 1.54) is 19.3 Å². The third-order valence-electron chi connectivity index (χ3n) is 4.79. The first kappa shape index (κ1) is 27.1. The van der Waals surface area contributed by atoms with E-state index in [9.17, 15) is 14.9 Å². The molecule has 0 heterocycles. The van der Waals surface area contributed by atoms with Crippen molar-refractivity contribution < 1.29 is 19.1 Å². The highest BCUT2D eigenvalue weighted by Gasteiger charge is 2.16. The molecule has 0 spiro atoms. The summed E-state index contributed by atoms with van der Waals surface area (Å²) in [4.78, 5) is 24.9. The van der Waals surface area contributed by atoms with Crippen LogP contribution in [0, 0.1) is 18.3 Å². The van der Waals surface area contributed by atoms with Crippen molar-refractivity contribution in [3.05, 3.63) is 85.8 Å². The molecule has 184 valence electrons. The topological polar surface area (TPSA) is 100 Å². The van der Waals surface area contributed by atoms with Gasteiger partial charge in [-0.25, -0.2) is 0 Å². The summed E-state index contributed by atoms with van der Waals surface area (Å²) in [5.74, 6) is -0.391. The van der Waals surface area contributed by atoms with Crippen LogP contribution in [0.4, 0.5) is 11.4 Å². The van der Waals surface area contributed by atoms with Gasteiger partial charge in [-0.3, -0.25) is 9.59 Å². The van der Waals surface area contributed by atoms with Crippen molar-refractivity contribution in [1.82, 2.24) is 0 Å². The van der Waals surface area contributed by atoms with Gasteiger partial charge in [-0.1, -0.05) is 40.9 Å². The zero-order chi connectivity index (χ0) is 26.2. The van der Waals surface area contributed by atoms with Crippen molar-refractivity contribution in [3.8, 4) is 17.6 Å². The first-order valence-electron chi connectivity index (χ1n) is 10.4. The van der Waals surface area contributed by atoms with Crippen molar-refractivity contribution in [3.63, 3.8) is 0 Å². The lowest BCUT2D eigenvalue weighted by molar-refractivity contribution is -0.118. The molecular formula is C26H20BrCl2N3O4. The lowest BCUT2D eigenvalue weighted by atomic mass is 10.1. The molecule has 0 unspecified atom stereocenters. The van der Waals surface area contributed by atoms with Crippen LogP contribution in [-0.4, -0.2) is 25.5 Å². The lowest BCUT2D eigenvalue weighted by Gasteiger charge is -2.14. The Balaban J connectivity index is 1.73. The molecule has 0 saturated heterocycles. The fourth-order valence-electron chi connectivity index (χ4n) is 3.02. The zero-order valence-electron chi connectivity index (χ0n) is 19.2. The van der Waals surface area contributed by atoms with E-state index in [0.717, 1.165) is 5.56 Å². The standard InChI is InChI=1S/C26H20BrCl2N3O4/c1-15-3-5-18(6-4-15)32-26(34)17(13-30)9-16-10-20(27)25(23(11-16)35-2)36-14-24(33)31-19-7-8-21(28)22(29)12-19/h3-12H,14H2,1-2H3,(H,31,33)(H,32,34)/b17-9-. The molecule has 0 bridgehead atoms. The smallest absolute Gasteiger partial charge is 0.266 e. The molecular weight excluding hydrogens is 569 g/mol. The van der Waals surface area contributed by atoms with Gasteiger partial charge in [-0.15, -0.1) is 0 Å². The summed E-state index contributed by atoms with van der Waals surface area (Å²) in [6.07, 6.45) is 1.43. The molecule has 7 nitrogen and oxygen atoms in total. The number of methoxy groups -OCH3 is 1. The van der Waals surface area contributed by atoms with Crippen LogP contribution in [0.15, 0.2) is 64.6 Å². The number of nitriles is 1. The Morgan fingerprint density at radius 2 is 1.72 bits per heavy atom. The molecule has 2 N–H and O–H groups in total. The Morgan fingerprint density at radius 3 is 2.36 bits per heavy atom. The van der Waals surface area contributed by atoms with E-state index in [0.29, 0.717) is 37.2 Å². The molecule has 0 fully saturated rings. The number of hydrogen-bond donors (Lipinski definition) is 2. The van der Waals surface area contributed by atoms with E-state index in [4.69, 9.17) is 32.7 Å². The van der Waals surface area contributed by atoms with Gasteiger partial charge in [0.05, 0.1) is 21.6 Å². The minimum atomic E-state index is -0.546. The van der Waals surface area contributed by atoms with Crippen molar-refractivity contribution >= 4 is 68.4 Å². The highest BCUT2D eigenvalue weighted by molar-refractivity contribution is 9.10. The fraction of sp³-hybridized carbons (Fsp3) is 0.115. The van der Waals surface area contributed by atoms with Gasteiger partial charge in [-0.05, 0) is 77.0 Å². The minimum Gasteiger partial charge on any atom is -0.493 e. The van der Waals surface area contributed by atoms with Crippen molar-refractivity contribution in [2.24, 2.45) is 0 Å². The normalized spacial score (nSPS) is 10.8. The molecule has 3 aromatic rings. The summed E-state index contributed by atoms with van der Waals surface area (Å²) >= 11 is 15.3. The van der Waals surface area contributed by atoms with E-state index in [1.54, 1.807) is 36.4 Å². The predicted molar refractivity (Wildman–Crippen MR) is 145 cm³/mol. The molecule has 0 aliphatic carbocycles. The number of carbonyl (C=O) groups excluding carboxylic acids is 2.